The lowest BCUT2D eigenvalue weighted by molar-refractivity contribution is -0.140. The molecule has 0 aliphatic heterocycles. The van der Waals surface area contributed by atoms with Gasteiger partial charge < -0.3 is 20.8 Å². The number of urea groups is 1. The van der Waals surface area contributed by atoms with Gasteiger partial charge in [-0.1, -0.05) is 30.3 Å². The molecule has 0 aliphatic carbocycles. The zero-order chi connectivity index (χ0) is 13.5. The minimum atomic E-state index is -1.30. The molecule has 6 heteroatoms. The topological polar surface area (TPSA) is 98.7 Å². The second-order valence-corrected chi connectivity index (χ2v) is 3.82. The maximum absolute atomic E-state index is 11.5. The molecule has 1 aromatic rings. The third-order valence-electron chi connectivity index (χ3n) is 2.43. The van der Waals surface area contributed by atoms with Crippen LogP contribution in [0.3, 0.4) is 0 Å². The summed E-state index contributed by atoms with van der Waals surface area (Å²) in [6, 6.07) is 7.08. The average Bonchev–Trinajstić information content (AvgIpc) is 2.36. The molecule has 0 aromatic heterocycles. The molecule has 6 nitrogen and oxygen atoms in total. The molecule has 1 aromatic carbocycles. The van der Waals surface area contributed by atoms with Gasteiger partial charge in [-0.3, -0.25) is 0 Å². The van der Waals surface area contributed by atoms with Crippen LogP contribution in [-0.4, -0.2) is 34.9 Å². The number of amides is 2. The average molecular weight is 252 g/mol. The van der Waals surface area contributed by atoms with Crippen molar-refractivity contribution in [3.05, 3.63) is 35.9 Å². The molecular weight excluding hydrogens is 236 g/mol. The van der Waals surface area contributed by atoms with Gasteiger partial charge >= 0.3 is 12.0 Å². The standard InChI is InChI=1S/C12H16N2O4/c1-8(9-5-3-2-4-6-9)13-12(18)14-10(7-15)11(16)17/h2-6,8,10,15H,7H2,1H3,(H,16,17)(H2,13,14,18)/t8?,10-/m1/s1. The molecule has 98 valence electrons. The third kappa shape index (κ3) is 4.06. The van der Waals surface area contributed by atoms with E-state index in [-0.39, 0.29) is 6.04 Å². The van der Waals surface area contributed by atoms with Crippen molar-refractivity contribution in [2.45, 2.75) is 19.0 Å². The number of carboxylic acids is 1. The summed E-state index contributed by atoms with van der Waals surface area (Å²) in [5.41, 5.74) is 0.906. The number of aliphatic hydroxyl groups excluding tert-OH is 1. The van der Waals surface area contributed by atoms with Gasteiger partial charge in [-0.05, 0) is 12.5 Å². The Bertz CT molecular complexity index is 408. The number of carbonyl (C=O) groups is 2. The molecule has 1 rings (SSSR count). The molecule has 0 radical (unpaired) electrons. The van der Waals surface area contributed by atoms with E-state index < -0.39 is 24.6 Å². The summed E-state index contributed by atoms with van der Waals surface area (Å²) in [6.45, 7) is 1.13. The lowest BCUT2D eigenvalue weighted by atomic mass is 10.1. The quantitative estimate of drug-likeness (QED) is 0.613. The monoisotopic (exact) mass is 252 g/mol. The SMILES string of the molecule is CC(NC(=O)N[C@H](CO)C(=O)O)c1ccccc1. The van der Waals surface area contributed by atoms with Gasteiger partial charge in [0, 0.05) is 0 Å². The maximum atomic E-state index is 11.5. The highest BCUT2D eigenvalue weighted by Crippen LogP contribution is 2.10. The smallest absolute Gasteiger partial charge is 0.328 e. The highest BCUT2D eigenvalue weighted by Gasteiger charge is 2.19. The van der Waals surface area contributed by atoms with Gasteiger partial charge in [-0.15, -0.1) is 0 Å². The fraction of sp³-hybridized carbons (Fsp3) is 0.333. The van der Waals surface area contributed by atoms with Crippen LogP contribution in [0, 0.1) is 0 Å². The van der Waals surface area contributed by atoms with Crippen LogP contribution in [0.1, 0.15) is 18.5 Å². The Morgan fingerprint density at radius 1 is 1.22 bits per heavy atom. The van der Waals surface area contributed by atoms with Crippen molar-refractivity contribution in [2.75, 3.05) is 6.61 Å². The number of nitrogens with one attached hydrogen (secondary N) is 2. The number of benzene rings is 1. The van der Waals surface area contributed by atoms with Crippen LogP contribution >= 0.6 is 0 Å². The minimum Gasteiger partial charge on any atom is -0.480 e. The number of rotatable bonds is 5. The van der Waals surface area contributed by atoms with Crippen molar-refractivity contribution < 1.29 is 19.8 Å². The zero-order valence-electron chi connectivity index (χ0n) is 9.96. The summed E-state index contributed by atoms with van der Waals surface area (Å²) in [4.78, 5) is 22.1. The molecule has 2 amide bonds. The maximum Gasteiger partial charge on any atom is 0.328 e. The van der Waals surface area contributed by atoms with E-state index in [0.717, 1.165) is 5.56 Å². The zero-order valence-corrected chi connectivity index (χ0v) is 9.96. The molecule has 0 aliphatic rings. The second-order valence-electron chi connectivity index (χ2n) is 3.82. The summed E-state index contributed by atoms with van der Waals surface area (Å²) < 4.78 is 0. The molecule has 0 saturated heterocycles. The Labute approximate surface area is 105 Å². The van der Waals surface area contributed by atoms with Crippen LogP contribution in [0.2, 0.25) is 0 Å². The fourth-order valence-electron chi connectivity index (χ4n) is 1.41. The van der Waals surface area contributed by atoms with Crippen molar-refractivity contribution in [3.8, 4) is 0 Å². The summed E-state index contributed by atoms with van der Waals surface area (Å²) in [5.74, 6) is -1.28. The molecule has 2 atom stereocenters. The van der Waals surface area contributed by atoms with E-state index >= 15 is 0 Å². The first-order valence-electron chi connectivity index (χ1n) is 5.50. The van der Waals surface area contributed by atoms with Crippen molar-refractivity contribution in [3.63, 3.8) is 0 Å². The Morgan fingerprint density at radius 3 is 2.33 bits per heavy atom. The summed E-state index contributed by atoms with van der Waals surface area (Å²) >= 11 is 0. The summed E-state index contributed by atoms with van der Waals surface area (Å²) in [7, 11) is 0. The van der Waals surface area contributed by atoms with Crippen LogP contribution in [0.15, 0.2) is 30.3 Å². The van der Waals surface area contributed by atoms with E-state index in [0.29, 0.717) is 0 Å². The highest BCUT2D eigenvalue weighted by molar-refractivity contribution is 5.82. The van der Waals surface area contributed by atoms with E-state index in [1.165, 1.54) is 0 Å². The molecule has 4 N–H and O–H groups in total. The van der Waals surface area contributed by atoms with Gasteiger partial charge in [0.2, 0.25) is 0 Å². The van der Waals surface area contributed by atoms with Gasteiger partial charge in [-0.2, -0.15) is 0 Å². The van der Waals surface area contributed by atoms with Gasteiger partial charge in [0.1, 0.15) is 0 Å². The minimum absolute atomic E-state index is 0.251. The van der Waals surface area contributed by atoms with E-state index in [1.807, 2.05) is 30.3 Å². The highest BCUT2D eigenvalue weighted by atomic mass is 16.4. The molecule has 18 heavy (non-hydrogen) atoms. The predicted octanol–water partition coefficient (Wildman–Crippen LogP) is 0.492. The first-order chi connectivity index (χ1) is 8.54. The van der Waals surface area contributed by atoms with Crippen LogP contribution in [0.25, 0.3) is 0 Å². The molecule has 0 spiro atoms. The predicted molar refractivity (Wildman–Crippen MR) is 65.0 cm³/mol. The Kier molecular flexibility index (Phi) is 5.13. The van der Waals surface area contributed by atoms with Gasteiger partial charge in [0.05, 0.1) is 12.6 Å². The largest absolute Gasteiger partial charge is 0.480 e. The van der Waals surface area contributed by atoms with Crippen molar-refractivity contribution in [1.82, 2.24) is 10.6 Å². The van der Waals surface area contributed by atoms with E-state index in [9.17, 15) is 9.59 Å². The van der Waals surface area contributed by atoms with Crippen molar-refractivity contribution in [2.24, 2.45) is 0 Å². The van der Waals surface area contributed by atoms with E-state index in [1.54, 1.807) is 6.92 Å². The number of carboxylic acid groups (broad SMARTS) is 1. The van der Waals surface area contributed by atoms with E-state index in [2.05, 4.69) is 10.6 Å². The normalized spacial score (nSPS) is 13.4. The second kappa shape index (κ2) is 6.61. The first kappa shape index (κ1) is 14.0. The number of hydrogen-bond donors (Lipinski definition) is 4. The van der Waals surface area contributed by atoms with Crippen LogP contribution in [0.4, 0.5) is 4.79 Å². The Morgan fingerprint density at radius 2 is 1.83 bits per heavy atom. The molecular formula is C12H16N2O4. The van der Waals surface area contributed by atoms with Gasteiger partial charge in [0.15, 0.2) is 6.04 Å². The van der Waals surface area contributed by atoms with Crippen LogP contribution in [-0.2, 0) is 4.79 Å². The molecule has 0 heterocycles. The lowest BCUT2D eigenvalue weighted by Crippen LogP contribution is -2.48. The Hall–Kier alpha value is -2.08. The molecule has 1 unspecified atom stereocenters. The number of aliphatic carboxylic acids is 1. The van der Waals surface area contributed by atoms with Crippen molar-refractivity contribution >= 4 is 12.0 Å². The third-order valence-corrected chi connectivity index (χ3v) is 2.43. The van der Waals surface area contributed by atoms with Gasteiger partial charge in [0.25, 0.3) is 0 Å². The fourth-order valence-corrected chi connectivity index (χ4v) is 1.41. The number of aliphatic hydroxyl groups is 1. The summed E-state index contributed by atoms with van der Waals surface area (Å²) in [5, 5.41) is 22.2. The van der Waals surface area contributed by atoms with Crippen molar-refractivity contribution in [1.29, 1.82) is 0 Å². The van der Waals surface area contributed by atoms with E-state index in [4.69, 9.17) is 10.2 Å². The molecule has 0 bridgehead atoms. The molecule has 0 saturated carbocycles. The van der Waals surface area contributed by atoms with Crippen LogP contribution < -0.4 is 10.6 Å². The summed E-state index contributed by atoms with van der Waals surface area (Å²) in [6.07, 6.45) is 0. The van der Waals surface area contributed by atoms with Crippen LogP contribution in [0.5, 0.6) is 0 Å². The molecule has 0 fully saturated rings. The Balaban J connectivity index is 2.52. The number of hydrogen-bond acceptors (Lipinski definition) is 3. The van der Waals surface area contributed by atoms with Gasteiger partial charge in [-0.25, -0.2) is 9.59 Å². The lowest BCUT2D eigenvalue weighted by Gasteiger charge is -2.17. The number of carbonyl (C=O) groups excluding carboxylic acids is 1. The first-order valence-corrected chi connectivity index (χ1v) is 5.50.